The summed E-state index contributed by atoms with van der Waals surface area (Å²) >= 11 is 0. The molecule has 0 bridgehead atoms. The Labute approximate surface area is 160 Å². The van der Waals surface area contributed by atoms with Crippen LogP contribution in [0.4, 0.5) is 0 Å². The molecule has 0 saturated carbocycles. The minimum Gasteiger partial charge on any atom is -0.507 e. The number of aromatic hydroxyl groups is 1. The molecule has 0 amide bonds. The van der Waals surface area contributed by atoms with Crippen LogP contribution in [0, 0.1) is 0 Å². The van der Waals surface area contributed by atoms with Gasteiger partial charge in [-0.1, -0.05) is 0 Å². The van der Waals surface area contributed by atoms with Crippen molar-refractivity contribution in [3.8, 4) is 5.75 Å². The summed E-state index contributed by atoms with van der Waals surface area (Å²) in [6, 6.07) is 1.55. The van der Waals surface area contributed by atoms with Gasteiger partial charge in [-0.25, -0.2) is 0 Å². The molecule has 0 aromatic heterocycles. The molecule has 3 N–H and O–H groups in total. The number of phenols is 1. The highest BCUT2D eigenvalue weighted by Gasteiger charge is 2.41. The van der Waals surface area contributed by atoms with Gasteiger partial charge in [0, 0.05) is 17.7 Å². The first-order valence-corrected chi connectivity index (χ1v) is 9.23. The minimum atomic E-state index is -1.00. The number of benzene rings is 1. The van der Waals surface area contributed by atoms with Crippen LogP contribution in [0.2, 0.25) is 0 Å². The molecule has 1 aromatic rings. The molecule has 2 unspecified atom stereocenters. The number of carboxylic acid groups (broad SMARTS) is 1. The molecule has 1 saturated heterocycles. The number of ketones is 2. The lowest BCUT2D eigenvalue weighted by Gasteiger charge is -2.30. The van der Waals surface area contributed by atoms with Crippen molar-refractivity contribution in [1.82, 2.24) is 0 Å². The van der Waals surface area contributed by atoms with Gasteiger partial charge >= 0.3 is 5.97 Å². The summed E-state index contributed by atoms with van der Waals surface area (Å²) in [5.74, 6) is -3.51. The van der Waals surface area contributed by atoms with Crippen LogP contribution >= 0.6 is 0 Å². The Morgan fingerprint density at radius 1 is 1.14 bits per heavy atom. The summed E-state index contributed by atoms with van der Waals surface area (Å²) in [4.78, 5) is 36.3. The second kappa shape index (κ2) is 7.03. The maximum atomic E-state index is 12.7. The van der Waals surface area contributed by atoms with Gasteiger partial charge in [0.05, 0.1) is 36.4 Å². The van der Waals surface area contributed by atoms with Gasteiger partial charge in [0.15, 0.2) is 0 Å². The fourth-order valence-corrected chi connectivity index (χ4v) is 4.11. The van der Waals surface area contributed by atoms with Crippen LogP contribution in [0.25, 0.3) is 5.76 Å². The Morgan fingerprint density at radius 2 is 1.93 bits per heavy atom. The Morgan fingerprint density at radius 3 is 2.61 bits per heavy atom. The van der Waals surface area contributed by atoms with Gasteiger partial charge in [-0.15, -0.1) is 0 Å². The Bertz CT molecular complexity index is 907. The number of phenolic OH excluding ortho intramolecular Hbond substituents is 1. The van der Waals surface area contributed by atoms with E-state index in [2.05, 4.69) is 0 Å². The lowest BCUT2D eigenvalue weighted by atomic mass is 9.81. The molecule has 2 aliphatic heterocycles. The maximum Gasteiger partial charge on any atom is 0.305 e. The van der Waals surface area contributed by atoms with Crippen molar-refractivity contribution in [2.45, 2.75) is 50.9 Å². The fourth-order valence-electron chi connectivity index (χ4n) is 4.11. The molecule has 1 fully saturated rings. The van der Waals surface area contributed by atoms with Crippen molar-refractivity contribution in [3.63, 3.8) is 0 Å². The molecule has 0 spiro atoms. The van der Waals surface area contributed by atoms with E-state index in [-0.39, 0.29) is 41.9 Å². The van der Waals surface area contributed by atoms with Crippen LogP contribution < -0.4 is 0 Å². The van der Waals surface area contributed by atoms with Crippen LogP contribution in [0.15, 0.2) is 11.6 Å². The van der Waals surface area contributed by atoms with Crippen molar-refractivity contribution in [3.05, 3.63) is 33.9 Å². The number of aliphatic hydroxyl groups excluding tert-OH is 1. The lowest BCUT2D eigenvalue weighted by molar-refractivity contribution is -0.140. The second-order valence-corrected chi connectivity index (χ2v) is 7.30. The average Bonchev–Trinajstić information content (AvgIpc) is 2.66. The van der Waals surface area contributed by atoms with Gasteiger partial charge < -0.3 is 24.8 Å². The maximum absolute atomic E-state index is 12.7. The zero-order chi connectivity index (χ0) is 20.0. The van der Waals surface area contributed by atoms with Crippen LogP contribution in [0.1, 0.15) is 52.7 Å². The highest BCUT2D eigenvalue weighted by Crippen LogP contribution is 2.41. The van der Waals surface area contributed by atoms with Gasteiger partial charge in [-0.2, -0.15) is 0 Å². The number of aliphatic hydroxyl groups is 1. The number of hydrogen-bond donors (Lipinski definition) is 3. The number of rotatable bonds is 3. The van der Waals surface area contributed by atoms with E-state index in [4.69, 9.17) is 14.6 Å². The lowest BCUT2D eigenvalue weighted by Crippen LogP contribution is -2.34. The Hall–Kier alpha value is -2.71. The highest BCUT2D eigenvalue weighted by atomic mass is 16.5. The summed E-state index contributed by atoms with van der Waals surface area (Å²) in [5, 5.41) is 30.4. The molecule has 8 nitrogen and oxygen atoms in total. The quantitative estimate of drug-likeness (QED) is 0.670. The largest absolute Gasteiger partial charge is 0.507 e. The van der Waals surface area contributed by atoms with E-state index >= 15 is 0 Å². The number of carbonyl (C=O) groups excluding carboxylic acids is 2. The minimum absolute atomic E-state index is 0.0642. The molecular weight excluding hydrogens is 368 g/mol. The zero-order valence-electron chi connectivity index (χ0n) is 15.1. The van der Waals surface area contributed by atoms with Gasteiger partial charge in [0.2, 0.25) is 11.6 Å². The monoisotopic (exact) mass is 388 g/mol. The van der Waals surface area contributed by atoms with Crippen LogP contribution in [-0.4, -0.2) is 51.7 Å². The predicted molar refractivity (Wildman–Crippen MR) is 95.1 cm³/mol. The molecule has 1 aliphatic carbocycles. The van der Waals surface area contributed by atoms with E-state index in [9.17, 15) is 24.6 Å². The van der Waals surface area contributed by atoms with Gasteiger partial charge in [0.1, 0.15) is 11.5 Å². The highest BCUT2D eigenvalue weighted by molar-refractivity contribution is 6.53. The third-order valence-electron chi connectivity index (χ3n) is 5.50. The number of fused-ring (bicyclic) bond motifs is 2. The first kappa shape index (κ1) is 18.6. The number of aliphatic carboxylic acids is 1. The fraction of sp³-hybridized carbons (Fsp3) is 0.450. The summed E-state index contributed by atoms with van der Waals surface area (Å²) in [6.45, 7) is 0.371. The van der Waals surface area contributed by atoms with E-state index < -0.39 is 35.5 Å². The molecule has 148 valence electrons. The van der Waals surface area contributed by atoms with Crippen molar-refractivity contribution < 1.29 is 39.2 Å². The molecule has 3 aliphatic rings. The molecule has 2 atom stereocenters. The summed E-state index contributed by atoms with van der Waals surface area (Å²) in [7, 11) is 0. The van der Waals surface area contributed by atoms with Crippen molar-refractivity contribution in [2.75, 3.05) is 6.61 Å². The predicted octanol–water partition coefficient (Wildman–Crippen LogP) is 1.91. The number of carbonyl (C=O) groups is 3. The SMILES string of the molecule is O=C(O)CC1Cc2cc3c(c(O)c2CO1)C(=O)C(=O)C(C1CCCCO1)=C3O. The van der Waals surface area contributed by atoms with E-state index in [1.54, 1.807) is 6.07 Å². The third-order valence-corrected chi connectivity index (χ3v) is 5.50. The number of Topliss-reactive ketones (excluding diaryl/α,β-unsaturated/α-hetero) is 2. The molecule has 28 heavy (non-hydrogen) atoms. The van der Waals surface area contributed by atoms with Crippen molar-refractivity contribution in [1.29, 1.82) is 0 Å². The molecular formula is C20H20O8. The number of hydrogen-bond acceptors (Lipinski definition) is 7. The zero-order valence-corrected chi connectivity index (χ0v) is 15.1. The Balaban J connectivity index is 1.80. The summed E-state index contributed by atoms with van der Waals surface area (Å²) in [5.41, 5.74) is 0.714. The van der Waals surface area contributed by atoms with Crippen molar-refractivity contribution in [2.24, 2.45) is 0 Å². The number of carboxylic acids is 1. The third kappa shape index (κ3) is 2.98. The van der Waals surface area contributed by atoms with Crippen LogP contribution in [0.5, 0.6) is 5.75 Å². The average molecular weight is 388 g/mol. The standard InChI is InChI=1S/C20H20O8/c21-14(22)7-10-5-9-6-11-15(18(24)12(9)8-28-10)19(25)20(26)16(17(11)23)13-3-1-2-4-27-13/h6,10,13,23-24H,1-5,7-8H2,(H,21,22). The molecule has 8 heteroatoms. The smallest absolute Gasteiger partial charge is 0.305 e. The van der Waals surface area contributed by atoms with E-state index in [0.717, 1.165) is 12.8 Å². The Kier molecular flexibility index (Phi) is 4.68. The second-order valence-electron chi connectivity index (χ2n) is 7.30. The van der Waals surface area contributed by atoms with Crippen molar-refractivity contribution >= 4 is 23.3 Å². The first-order valence-electron chi connectivity index (χ1n) is 9.23. The normalized spacial score (nSPS) is 24.7. The molecule has 4 rings (SSSR count). The van der Waals surface area contributed by atoms with E-state index in [1.165, 1.54) is 0 Å². The summed E-state index contributed by atoms with van der Waals surface area (Å²) in [6.07, 6.45) is 0.988. The van der Waals surface area contributed by atoms with E-state index in [0.29, 0.717) is 24.2 Å². The van der Waals surface area contributed by atoms with Gasteiger partial charge in [0.25, 0.3) is 0 Å². The van der Waals surface area contributed by atoms with Gasteiger partial charge in [-0.05, 0) is 37.3 Å². The molecule has 0 radical (unpaired) electrons. The van der Waals surface area contributed by atoms with Crippen LogP contribution in [-0.2, 0) is 32.1 Å². The van der Waals surface area contributed by atoms with Gasteiger partial charge in [-0.3, -0.25) is 14.4 Å². The number of ether oxygens (including phenoxy) is 2. The molecule has 2 heterocycles. The topological polar surface area (TPSA) is 130 Å². The van der Waals surface area contributed by atoms with Crippen LogP contribution in [0.3, 0.4) is 0 Å². The molecule has 1 aromatic carbocycles. The van der Waals surface area contributed by atoms with E-state index in [1.807, 2.05) is 0 Å². The first-order chi connectivity index (χ1) is 13.4. The summed E-state index contributed by atoms with van der Waals surface area (Å²) < 4.78 is 11.0.